The van der Waals surface area contributed by atoms with E-state index < -0.39 is 0 Å². The first kappa shape index (κ1) is 20.5. The summed E-state index contributed by atoms with van der Waals surface area (Å²) < 4.78 is 14.8. The molecule has 0 saturated heterocycles. The van der Waals surface area contributed by atoms with Crippen LogP contribution < -0.4 is 10.6 Å². The second kappa shape index (κ2) is 10.4. The number of rotatable bonds is 8. The largest absolute Gasteiger partial charge is 0.396 e. The van der Waals surface area contributed by atoms with Gasteiger partial charge in [0.2, 0.25) is 0 Å². The molecule has 0 radical (unpaired) electrons. The molecule has 0 aliphatic carbocycles. The third-order valence-electron chi connectivity index (χ3n) is 4.64. The lowest BCUT2D eigenvalue weighted by Gasteiger charge is -2.18. The van der Waals surface area contributed by atoms with Crippen molar-refractivity contribution in [2.24, 2.45) is 4.99 Å². The molecular weight excluding hydrogens is 369 g/mol. The second-order valence-electron chi connectivity index (χ2n) is 6.65. The number of benzene rings is 2. The van der Waals surface area contributed by atoms with Gasteiger partial charge < -0.3 is 15.7 Å². The summed E-state index contributed by atoms with van der Waals surface area (Å²) >= 11 is 0. The summed E-state index contributed by atoms with van der Waals surface area (Å²) in [5, 5.41) is 20.7. The number of aliphatic imine (C=N–C) groups is 1. The predicted octanol–water partition coefficient (Wildman–Crippen LogP) is 2.50. The highest BCUT2D eigenvalue weighted by atomic mass is 19.1. The Morgan fingerprint density at radius 3 is 2.55 bits per heavy atom. The SMILES string of the molecule is CN=C(NCCc1ccn(-c2ccc(F)cc2)n1)NCC(CO)c1ccccc1. The number of aliphatic hydroxyl groups is 1. The van der Waals surface area contributed by atoms with Crippen molar-refractivity contribution in [3.05, 3.63) is 83.9 Å². The minimum absolute atomic E-state index is 0.00107. The van der Waals surface area contributed by atoms with Gasteiger partial charge in [-0.3, -0.25) is 4.99 Å². The van der Waals surface area contributed by atoms with E-state index in [4.69, 9.17) is 0 Å². The van der Waals surface area contributed by atoms with Gasteiger partial charge in [0.05, 0.1) is 18.0 Å². The Hall–Kier alpha value is -3.19. The zero-order valence-corrected chi connectivity index (χ0v) is 16.4. The summed E-state index contributed by atoms with van der Waals surface area (Å²) in [6.07, 6.45) is 2.58. The standard InChI is InChI=1S/C22H26FN5O/c1-24-22(26-15-18(16-29)17-5-3-2-4-6-17)25-13-11-20-12-14-28(27-20)21-9-7-19(23)8-10-21/h2-10,12,14,18,29H,11,13,15-16H2,1H3,(H2,24,25,26). The monoisotopic (exact) mass is 395 g/mol. The highest BCUT2D eigenvalue weighted by Gasteiger charge is 2.11. The maximum Gasteiger partial charge on any atom is 0.191 e. The lowest BCUT2D eigenvalue weighted by molar-refractivity contribution is 0.265. The molecule has 0 amide bonds. The molecule has 3 N–H and O–H groups in total. The van der Waals surface area contributed by atoms with Crippen molar-refractivity contribution >= 4 is 5.96 Å². The summed E-state index contributed by atoms with van der Waals surface area (Å²) in [5.74, 6) is 0.415. The van der Waals surface area contributed by atoms with Gasteiger partial charge >= 0.3 is 0 Å². The quantitative estimate of drug-likeness (QED) is 0.405. The van der Waals surface area contributed by atoms with E-state index in [-0.39, 0.29) is 18.3 Å². The van der Waals surface area contributed by atoms with Gasteiger partial charge in [-0.1, -0.05) is 30.3 Å². The first-order valence-electron chi connectivity index (χ1n) is 9.60. The van der Waals surface area contributed by atoms with E-state index in [0.717, 1.165) is 23.4 Å². The lowest BCUT2D eigenvalue weighted by Crippen LogP contribution is -2.40. The zero-order valence-electron chi connectivity index (χ0n) is 16.4. The number of halogens is 1. The van der Waals surface area contributed by atoms with Crippen LogP contribution in [-0.4, -0.2) is 47.6 Å². The van der Waals surface area contributed by atoms with Crippen molar-refractivity contribution in [3.63, 3.8) is 0 Å². The third kappa shape index (κ3) is 5.89. The minimum Gasteiger partial charge on any atom is -0.396 e. The Kier molecular flexibility index (Phi) is 7.35. The summed E-state index contributed by atoms with van der Waals surface area (Å²) in [7, 11) is 1.72. The van der Waals surface area contributed by atoms with E-state index in [9.17, 15) is 9.50 Å². The third-order valence-corrected chi connectivity index (χ3v) is 4.64. The number of guanidine groups is 1. The average Bonchev–Trinajstić information content (AvgIpc) is 3.23. The molecule has 0 aliphatic rings. The molecule has 0 spiro atoms. The lowest BCUT2D eigenvalue weighted by atomic mass is 10.0. The first-order valence-corrected chi connectivity index (χ1v) is 9.60. The average molecular weight is 395 g/mol. The van der Waals surface area contributed by atoms with Crippen LogP contribution in [0.3, 0.4) is 0 Å². The van der Waals surface area contributed by atoms with Crippen molar-refractivity contribution in [2.75, 3.05) is 26.7 Å². The first-order chi connectivity index (χ1) is 14.2. The van der Waals surface area contributed by atoms with Crippen LogP contribution in [0.2, 0.25) is 0 Å². The van der Waals surface area contributed by atoms with E-state index >= 15 is 0 Å². The van der Waals surface area contributed by atoms with Crippen molar-refractivity contribution in [3.8, 4) is 5.69 Å². The summed E-state index contributed by atoms with van der Waals surface area (Å²) in [6, 6.07) is 18.1. The van der Waals surface area contributed by atoms with Crippen LogP contribution >= 0.6 is 0 Å². The maximum atomic E-state index is 13.0. The molecule has 1 atom stereocenters. The van der Waals surface area contributed by atoms with E-state index in [1.165, 1.54) is 12.1 Å². The fourth-order valence-electron chi connectivity index (χ4n) is 3.00. The van der Waals surface area contributed by atoms with Crippen molar-refractivity contribution in [2.45, 2.75) is 12.3 Å². The molecular formula is C22H26FN5O. The van der Waals surface area contributed by atoms with Crippen LogP contribution in [-0.2, 0) is 6.42 Å². The molecule has 1 heterocycles. The number of hydrogen-bond donors (Lipinski definition) is 3. The second-order valence-corrected chi connectivity index (χ2v) is 6.65. The molecule has 1 aromatic heterocycles. The van der Waals surface area contributed by atoms with Crippen LogP contribution in [0, 0.1) is 5.82 Å². The fourth-order valence-corrected chi connectivity index (χ4v) is 3.00. The summed E-state index contributed by atoms with van der Waals surface area (Å²) in [4.78, 5) is 4.23. The molecule has 6 nitrogen and oxygen atoms in total. The number of aromatic nitrogens is 2. The van der Waals surface area contributed by atoms with Crippen LogP contribution in [0.5, 0.6) is 0 Å². The molecule has 3 rings (SSSR count). The van der Waals surface area contributed by atoms with Crippen molar-refractivity contribution in [1.29, 1.82) is 0 Å². The zero-order chi connectivity index (χ0) is 20.5. The molecule has 0 saturated carbocycles. The maximum absolute atomic E-state index is 13.0. The Balaban J connectivity index is 1.47. The van der Waals surface area contributed by atoms with Gasteiger partial charge in [-0.15, -0.1) is 0 Å². The number of hydrogen-bond acceptors (Lipinski definition) is 3. The van der Waals surface area contributed by atoms with Gasteiger partial charge in [-0.2, -0.15) is 5.10 Å². The molecule has 0 fully saturated rings. The molecule has 152 valence electrons. The molecule has 1 unspecified atom stereocenters. The van der Waals surface area contributed by atoms with Crippen molar-refractivity contribution < 1.29 is 9.50 Å². The van der Waals surface area contributed by atoms with E-state index in [1.807, 2.05) is 42.6 Å². The van der Waals surface area contributed by atoms with Gasteiger partial charge in [0, 0.05) is 38.7 Å². The van der Waals surface area contributed by atoms with E-state index in [2.05, 4.69) is 20.7 Å². The van der Waals surface area contributed by atoms with Gasteiger partial charge in [-0.25, -0.2) is 9.07 Å². The fraction of sp³-hybridized carbons (Fsp3) is 0.273. The highest BCUT2D eigenvalue weighted by Crippen LogP contribution is 2.13. The number of nitrogens with zero attached hydrogens (tertiary/aromatic N) is 3. The Bertz CT molecular complexity index is 908. The number of aliphatic hydroxyl groups excluding tert-OH is 1. The van der Waals surface area contributed by atoms with E-state index in [0.29, 0.717) is 19.0 Å². The molecule has 0 aliphatic heterocycles. The molecule has 29 heavy (non-hydrogen) atoms. The summed E-state index contributed by atoms with van der Waals surface area (Å²) in [5.41, 5.74) is 2.83. The Labute approximate surface area is 170 Å². The van der Waals surface area contributed by atoms with Gasteiger partial charge in [0.15, 0.2) is 5.96 Å². The van der Waals surface area contributed by atoms with Gasteiger partial charge in [-0.05, 0) is 35.9 Å². The minimum atomic E-state index is -0.264. The molecule has 7 heteroatoms. The normalized spacial score (nSPS) is 12.6. The van der Waals surface area contributed by atoms with Crippen LogP contribution in [0.1, 0.15) is 17.2 Å². The molecule has 2 aromatic carbocycles. The van der Waals surface area contributed by atoms with Gasteiger partial charge in [0.25, 0.3) is 0 Å². The predicted molar refractivity (Wildman–Crippen MR) is 113 cm³/mol. The van der Waals surface area contributed by atoms with Crippen molar-refractivity contribution in [1.82, 2.24) is 20.4 Å². The van der Waals surface area contributed by atoms with Gasteiger partial charge in [0.1, 0.15) is 5.82 Å². The van der Waals surface area contributed by atoms with Crippen LogP contribution in [0.25, 0.3) is 5.69 Å². The molecule has 0 bridgehead atoms. The topological polar surface area (TPSA) is 74.5 Å². The molecule has 3 aromatic rings. The Morgan fingerprint density at radius 2 is 1.86 bits per heavy atom. The Morgan fingerprint density at radius 1 is 1.10 bits per heavy atom. The van der Waals surface area contributed by atoms with E-state index in [1.54, 1.807) is 23.9 Å². The number of nitrogens with one attached hydrogen (secondary N) is 2. The van der Waals surface area contributed by atoms with Crippen LogP contribution in [0.4, 0.5) is 4.39 Å². The van der Waals surface area contributed by atoms with Crippen LogP contribution in [0.15, 0.2) is 71.9 Å². The summed E-state index contributed by atoms with van der Waals surface area (Å²) in [6.45, 7) is 1.31. The highest BCUT2D eigenvalue weighted by molar-refractivity contribution is 5.79. The smallest absolute Gasteiger partial charge is 0.191 e.